The molecule has 0 unspecified atom stereocenters. The van der Waals surface area contributed by atoms with Crippen LogP contribution >= 0.6 is 11.6 Å². The summed E-state index contributed by atoms with van der Waals surface area (Å²) in [7, 11) is 0. The van der Waals surface area contributed by atoms with E-state index in [4.69, 9.17) is 46.5 Å². The molecule has 14 nitrogen and oxygen atoms in total. The van der Waals surface area contributed by atoms with Gasteiger partial charge in [-0.2, -0.15) is 0 Å². The van der Waals surface area contributed by atoms with E-state index < -0.39 is 12.3 Å². The Bertz CT molecular complexity index is 1440. The first-order chi connectivity index (χ1) is 19.6. The standard InChI is InChI=1S/C25H35ClN8O.C2H2O5/c1-24(2,3)18-16(13-27-23(29-18)32-25(4,5)6)19-30-20(33-9-11-35-12-10-33)17-21(31-19)34(22(26)28-17)14-15-7-8-15;3-1(4)7-2(5)6/h13,15H,7-12,14H2,1-6H3,(H,27,29,32);(H,3,4)(H,5,6). The van der Waals surface area contributed by atoms with Crippen molar-refractivity contribution in [3.8, 4) is 11.4 Å². The Kier molecular flexibility index (Phi) is 9.06. The fraction of sp³-hybridized carbons (Fsp3) is 0.593. The zero-order valence-corrected chi connectivity index (χ0v) is 25.4. The van der Waals surface area contributed by atoms with Gasteiger partial charge in [-0.25, -0.2) is 34.5 Å². The molecule has 1 aliphatic heterocycles. The van der Waals surface area contributed by atoms with E-state index in [1.165, 1.54) is 12.8 Å². The van der Waals surface area contributed by atoms with Crippen LogP contribution in [0, 0.1) is 5.92 Å². The molecule has 15 heteroatoms. The average molecular weight is 605 g/mol. The lowest BCUT2D eigenvalue weighted by molar-refractivity contribution is 0.0801. The number of imidazole rings is 1. The number of rotatable bonds is 5. The molecule has 0 atom stereocenters. The van der Waals surface area contributed by atoms with Crippen LogP contribution in [0.5, 0.6) is 0 Å². The number of carboxylic acid groups (broad SMARTS) is 2. The normalized spacial score (nSPS) is 15.6. The molecule has 3 aromatic heterocycles. The zero-order chi connectivity index (χ0) is 30.8. The summed E-state index contributed by atoms with van der Waals surface area (Å²) in [6.07, 6.45) is 0.651. The molecular formula is C27H37ClN8O6. The molecule has 0 amide bonds. The largest absolute Gasteiger partial charge is 0.516 e. The summed E-state index contributed by atoms with van der Waals surface area (Å²) in [5, 5.41) is 18.8. The summed E-state index contributed by atoms with van der Waals surface area (Å²) < 4.78 is 10.7. The monoisotopic (exact) mass is 604 g/mol. The molecule has 0 aromatic carbocycles. The minimum Gasteiger partial charge on any atom is -0.449 e. The van der Waals surface area contributed by atoms with Crippen LogP contribution in [-0.2, 0) is 21.4 Å². The molecule has 2 fully saturated rings. The van der Waals surface area contributed by atoms with Crippen LogP contribution in [0.2, 0.25) is 5.28 Å². The molecule has 2 aliphatic rings. The Morgan fingerprint density at radius 1 is 1.05 bits per heavy atom. The van der Waals surface area contributed by atoms with Crippen LogP contribution in [0.25, 0.3) is 22.6 Å². The van der Waals surface area contributed by atoms with Gasteiger partial charge in [0.25, 0.3) is 0 Å². The molecular weight excluding hydrogens is 568 g/mol. The van der Waals surface area contributed by atoms with Crippen LogP contribution < -0.4 is 10.2 Å². The van der Waals surface area contributed by atoms with Crippen LogP contribution in [0.15, 0.2) is 6.20 Å². The van der Waals surface area contributed by atoms with Gasteiger partial charge in [-0.3, -0.25) is 4.57 Å². The number of halogens is 1. The number of anilines is 2. The third kappa shape index (κ3) is 7.94. The number of nitrogens with zero attached hydrogens (tertiary/aromatic N) is 7. The number of fused-ring (bicyclic) bond motifs is 1. The van der Waals surface area contributed by atoms with E-state index in [1.54, 1.807) is 0 Å². The topological polar surface area (TPSA) is 178 Å². The molecule has 4 heterocycles. The quantitative estimate of drug-likeness (QED) is 0.200. The predicted octanol–water partition coefficient (Wildman–Crippen LogP) is 5.05. The number of hydrogen-bond donors (Lipinski definition) is 3. The number of ether oxygens (including phenoxy) is 2. The number of nitrogens with one attached hydrogen (secondary N) is 1. The fourth-order valence-corrected chi connectivity index (χ4v) is 4.62. The third-order valence-corrected chi connectivity index (χ3v) is 6.67. The highest BCUT2D eigenvalue weighted by Crippen LogP contribution is 2.37. The number of carbonyl (C=O) groups is 2. The van der Waals surface area contributed by atoms with Crippen molar-refractivity contribution in [3.63, 3.8) is 0 Å². The molecule has 0 spiro atoms. The summed E-state index contributed by atoms with van der Waals surface area (Å²) in [5.41, 5.74) is 2.84. The lowest BCUT2D eigenvalue weighted by Gasteiger charge is -2.28. The van der Waals surface area contributed by atoms with Gasteiger partial charge in [-0.15, -0.1) is 0 Å². The van der Waals surface area contributed by atoms with Crippen molar-refractivity contribution in [2.24, 2.45) is 5.92 Å². The predicted molar refractivity (Wildman–Crippen MR) is 156 cm³/mol. The molecule has 228 valence electrons. The van der Waals surface area contributed by atoms with Crippen molar-refractivity contribution >= 4 is 46.8 Å². The molecule has 1 aliphatic carbocycles. The van der Waals surface area contributed by atoms with Crippen LogP contribution in [0.3, 0.4) is 0 Å². The van der Waals surface area contributed by atoms with Crippen LogP contribution in [0.4, 0.5) is 21.4 Å². The summed E-state index contributed by atoms with van der Waals surface area (Å²) in [5.74, 6) is 2.62. The van der Waals surface area contributed by atoms with Gasteiger partial charge >= 0.3 is 12.3 Å². The van der Waals surface area contributed by atoms with E-state index in [0.717, 1.165) is 47.9 Å². The minimum absolute atomic E-state index is 0.151. The average Bonchev–Trinajstić information content (AvgIpc) is 3.65. The summed E-state index contributed by atoms with van der Waals surface area (Å²) in [6.45, 7) is 16.4. The van der Waals surface area contributed by atoms with E-state index >= 15 is 0 Å². The first kappa shape index (κ1) is 31.2. The molecule has 3 aromatic rings. The van der Waals surface area contributed by atoms with Crippen molar-refractivity contribution in [2.45, 2.75) is 71.9 Å². The second kappa shape index (κ2) is 12.2. The van der Waals surface area contributed by atoms with Crippen molar-refractivity contribution in [1.29, 1.82) is 0 Å². The summed E-state index contributed by atoms with van der Waals surface area (Å²) in [4.78, 5) is 45.0. The number of morpholine rings is 1. The Balaban J connectivity index is 0.000000517. The number of hydrogen-bond acceptors (Lipinski definition) is 11. The Labute approximate surface area is 248 Å². The van der Waals surface area contributed by atoms with Gasteiger partial charge in [0, 0.05) is 36.8 Å². The van der Waals surface area contributed by atoms with Gasteiger partial charge in [-0.05, 0) is 51.1 Å². The van der Waals surface area contributed by atoms with E-state index in [9.17, 15) is 9.59 Å². The van der Waals surface area contributed by atoms with E-state index in [-0.39, 0.29) is 11.0 Å². The van der Waals surface area contributed by atoms with E-state index in [2.05, 4.69) is 61.5 Å². The van der Waals surface area contributed by atoms with Gasteiger partial charge in [0.1, 0.15) is 0 Å². The third-order valence-electron chi connectivity index (χ3n) is 6.38. The van der Waals surface area contributed by atoms with Crippen molar-refractivity contribution < 1.29 is 29.3 Å². The minimum atomic E-state index is -1.81. The number of aromatic nitrogens is 6. The van der Waals surface area contributed by atoms with Crippen molar-refractivity contribution in [3.05, 3.63) is 17.2 Å². The summed E-state index contributed by atoms with van der Waals surface area (Å²) in [6, 6.07) is 0. The smallest absolute Gasteiger partial charge is 0.449 e. The molecule has 42 heavy (non-hydrogen) atoms. The second-order valence-corrected chi connectivity index (χ2v) is 12.6. The Hall–Kier alpha value is -3.78. The highest BCUT2D eigenvalue weighted by atomic mass is 35.5. The van der Waals surface area contributed by atoms with Gasteiger partial charge in [-0.1, -0.05) is 20.8 Å². The van der Waals surface area contributed by atoms with Crippen LogP contribution in [0.1, 0.15) is 60.1 Å². The van der Waals surface area contributed by atoms with Gasteiger partial charge < -0.3 is 29.9 Å². The van der Waals surface area contributed by atoms with Gasteiger partial charge in [0.05, 0.1) is 24.5 Å². The molecule has 0 bridgehead atoms. The SMILES string of the molecule is CC(C)(C)Nc1ncc(-c2nc(N3CCOCC3)c3nc(Cl)n(CC4CC4)c3n2)c(C(C)(C)C)n1.O=C(O)OC(=O)O. The first-order valence-corrected chi connectivity index (χ1v) is 14.1. The fourth-order valence-electron chi connectivity index (χ4n) is 4.38. The zero-order valence-electron chi connectivity index (χ0n) is 24.6. The molecule has 5 rings (SSSR count). The van der Waals surface area contributed by atoms with Gasteiger partial charge in [0.15, 0.2) is 22.8 Å². The highest BCUT2D eigenvalue weighted by Gasteiger charge is 2.30. The molecule has 0 radical (unpaired) electrons. The first-order valence-electron chi connectivity index (χ1n) is 13.7. The molecule has 1 saturated heterocycles. The maximum Gasteiger partial charge on any atom is 0.516 e. The molecule has 3 N–H and O–H groups in total. The highest BCUT2D eigenvalue weighted by molar-refractivity contribution is 6.29. The van der Waals surface area contributed by atoms with Crippen molar-refractivity contribution in [1.82, 2.24) is 29.5 Å². The van der Waals surface area contributed by atoms with Crippen LogP contribution in [-0.4, -0.2) is 83.9 Å². The maximum absolute atomic E-state index is 9.21. The lowest BCUT2D eigenvalue weighted by atomic mass is 9.88. The van der Waals surface area contributed by atoms with Gasteiger partial charge in [0.2, 0.25) is 11.2 Å². The Morgan fingerprint density at radius 2 is 1.69 bits per heavy atom. The summed E-state index contributed by atoms with van der Waals surface area (Å²) >= 11 is 6.64. The lowest BCUT2D eigenvalue weighted by Crippen LogP contribution is -2.37. The maximum atomic E-state index is 9.21. The Morgan fingerprint density at radius 3 is 2.21 bits per heavy atom. The molecule has 1 saturated carbocycles. The van der Waals surface area contributed by atoms with E-state index in [1.807, 2.05) is 10.8 Å². The second-order valence-electron chi connectivity index (χ2n) is 12.3. The van der Waals surface area contributed by atoms with E-state index in [0.29, 0.717) is 36.2 Å². The van der Waals surface area contributed by atoms with Crippen molar-refractivity contribution in [2.75, 3.05) is 36.5 Å².